The smallest absolute Gasteiger partial charge is 0.358 e. The molecule has 0 aromatic carbocycles. The molecule has 0 N–H and O–H groups in total. The van der Waals surface area contributed by atoms with Gasteiger partial charge in [0.2, 0.25) is 0 Å². The first-order valence-electron chi connectivity index (χ1n) is 3.55. The number of hydrogen-bond donors (Lipinski definition) is 0. The maximum atomic E-state index is 12.6. The van der Waals surface area contributed by atoms with Gasteiger partial charge < -0.3 is 10.1 Å². The van der Waals surface area contributed by atoms with Crippen LogP contribution >= 0.6 is 0 Å². The molecule has 1 rings (SSSR count). The lowest BCUT2D eigenvalue weighted by Crippen LogP contribution is -2.05. The third-order valence-electron chi connectivity index (χ3n) is 1.56. The van der Waals surface area contributed by atoms with Gasteiger partial charge in [0.1, 0.15) is 5.56 Å². The van der Waals surface area contributed by atoms with Crippen molar-refractivity contribution < 1.29 is 22.9 Å². The van der Waals surface area contributed by atoms with Crippen molar-refractivity contribution in [3.63, 3.8) is 0 Å². The highest BCUT2D eigenvalue weighted by Crippen LogP contribution is 2.29. The standard InChI is InChI=1S/C7H3F3N2O3/c8-4-1-3(2-13)5(6(9)10)7(11-4)12(14)15/h1-2,6H. The molecule has 0 unspecified atom stereocenters. The van der Waals surface area contributed by atoms with Crippen LogP contribution in [0.4, 0.5) is 19.0 Å². The molecule has 80 valence electrons. The highest BCUT2D eigenvalue weighted by Gasteiger charge is 2.28. The fraction of sp³-hybridized carbons (Fsp3) is 0.143. The number of aldehydes is 1. The lowest BCUT2D eigenvalue weighted by atomic mass is 10.1. The Hall–Kier alpha value is -1.99. The minimum atomic E-state index is -3.27. The molecule has 1 aromatic rings. The van der Waals surface area contributed by atoms with Crippen LogP contribution in [0.5, 0.6) is 0 Å². The van der Waals surface area contributed by atoms with E-state index in [-0.39, 0.29) is 6.29 Å². The van der Waals surface area contributed by atoms with Gasteiger partial charge in [-0.2, -0.15) is 4.39 Å². The number of carbonyl (C=O) groups is 1. The fourth-order valence-electron chi connectivity index (χ4n) is 0.989. The Labute approximate surface area is 80.7 Å². The summed E-state index contributed by atoms with van der Waals surface area (Å²) in [6.07, 6.45) is -3.35. The molecular weight excluding hydrogens is 217 g/mol. The molecule has 1 aromatic heterocycles. The predicted octanol–water partition coefficient (Wildman–Crippen LogP) is 1.88. The highest BCUT2D eigenvalue weighted by atomic mass is 19.3. The first kappa shape index (κ1) is 11.1. The van der Waals surface area contributed by atoms with Crippen LogP contribution < -0.4 is 0 Å². The molecule has 1 heterocycles. The SMILES string of the molecule is O=Cc1cc(F)nc([N+](=O)[O-])c1C(F)F. The molecule has 0 aliphatic carbocycles. The summed E-state index contributed by atoms with van der Waals surface area (Å²) in [4.78, 5) is 22.0. The molecule has 15 heavy (non-hydrogen) atoms. The number of rotatable bonds is 3. The van der Waals surface area contributed by atoms with E-state index in [2.05, 4.69) is 4.98 Å². The van der Waals surface area contributed by atoms with Gasteiger partial charge >= 0.3 is 11.8 Å². The zero-order valence-corrected chi connectivity index (χ0v) is 6.99. The first-order chi connectivity index (χ1) is 6.97. The first-order valence-corrected chi connectivity index (χ1v) is 3.55. The van der Waals surface area contributed by atoms with Crippen LogP contribution in [-0.4, -0.2) is 16.2 Å². The molecule has 0 saturated heterocycles. The minimum Gasteiger partial charge on any atom is -0.358 e. The van der Waals surface area contributed by atoms with Crippen LogP contribution in [0.25, 0.3) is 0 Å². The van der Waals surface area contributed by atoms with Crippen molar-refractivity contribution in [1.82, 2.24) is 4.98 Å². The summed E-state index contributed by atoms with van der Waals surface area (Å²) in [6, 6.07) is 0.418. The van der Waals surface area contributed by atoms with Crippen LogP contribution in [0.15, 0.2) is 6.07 Å². The van der Waals surface area contributed by atoms with E-state index < -0.39 is 34.2 Å². The van der Waals surface area contributed by atoms with Gasteiger partial charge in [0, 0.05) is 11.6 Å². The Kier molecular flexibility index (Phi) is 2.98. The van der Waals surface area contributed by atoms with Gasteiger partial charge in [0.15, 0.2) is 6.29 Å². The van der Waals surface area contributed by atoms with Crippen molar-refractivity contribution in [2.45, 2.75) is 6.43 Å². The van der Waals surface area contributed by atoms with Crippen LogP contribution in [-0.2, 0) is 0 Å². The molecule has 0 atom stereocenters. The van der Waals surface area contributed by atoms with Gasteiger partial charge in [-0.15, -0.1) is 0 Å². The molecular formula is C7H3F3N2O3. The van der Waals surface area contributed by atoms with Crippen LogP contribution in [0.1, 0.15) is 22.3 Å². The largest absolute Gasteiger partial charge is 0.376 e. The second-order valence-electron chi connectivity index (χ2n) is 2.45. The number of alkyl halides is 2. The summed E-state index contributed by atoms with van der Waals surface area (Å²) in [5.41, 5.74) is -1.94. The number of carbonyl (C=O) groups excluding carboxylic acids is 1. The van der Waals surface area contributed by atoms with Crippen molar-refractivity contribution in [3.05, 3.63) is 33.3 Å². The molecule has 0 amide bonds. The number of pyridine rings is 1. The van der Waals surface area contributed by atoms with E-state index in [9.17, 15) is 28.1 Å². The third kappa shape index (κ3) is 2.09. The van der Waals surface area contributed by atoms with E-state index in [1.54, 1.807) is 0 Å². The van der Waals surface area contributed by atoms with Gasteiger partial charge in [-0.05, 0) is 9.91 Å². The number of nitro groups is 1. The van der Waals surface area contributed by atoms with E-state index in [1.165, 1.54) is 0 Å². The van der Waals surface area contributed by atoms with E-state index in [0.717, 1.165) is 0 Å². The number of halogens is 3. The molecule has 8 heteroatoms. The Morgan fingerprint density at radius 2 is 2.13 bits per heavy atom. The summed E-state index contributed by atoms with van der Waals surface area (Å²) in [5, 5.41) is 10.3. The van der Waals surface area contributed by atoms with E-state index in [4.69, 9.17) is 0 Å². The molecule has 0 spiro atoms. The van der Waals surface area contributed by atoms with Crippen molar-refractivity contribution in [2.75, 3.05) is 0 Å². The zero-order chi connectivity index (χ0) is 11.6. The Balaban J connectivity index is 3.54. The molecule has 0 radical (unpaired) electrons. The zero-order valence-electron chi connectivity index (χ0n) is 6.99. The maximum Gasteiger partial charge on any atom is 0.376 e. The van der Waals surface area contributed by atoms with Crippen molar-refractivity contribution >= 4 is 12.1 Å². The third-order valence-corrected chi connectivity index (χ3v) is 1.56. The van der Waals surface area contributed by atoms with Crippen LogP contribution in [0, 0.1) is 16.1 Å². The van der Waals surface area contributed by atoms with Gasteiger partial charge in [-0.3, -0.25) is 4.79 Å². The highest BCUT2D eigenvalue weighted by molar-refractivity contribution is 5.78. The summed E-state index contributed by atoms with van der Waals surface area (Å²) in [5.74, 6) is -2.69. The van der Waals surface area contributed by atoms with Crippen LogP contribution in [0.3, 0.4) is 0 Å². The number of hydrogen-bond acceptors (Lipinski definition) is 4. The topological polar surface area (TPSA) is 73.1 Å². The van der Waals surface area contributed by atoms with Gasteiger partial charge in [-0.1, -0.05) is 0 Å². The van der Waals surface area contributed by atoms with Gasteiger partial charge in [0.25, 0.3) is 6.43 Å². The minimum absolute atomic E-state index is 0.0841. The Morgan fingerprint density at radius 1 is 1.53 bits per heavy atom. The van der Waals surface area contributed by atoms with Gasteiger partial charge in [0.05, 0.1) is 0 Å². The van der Waals surface area contributed by atoms with Crippen molar-refractivity contribution in [1.29, 1.82) is 0 Å². The fourth-order valence-corrected chi connectivity index (χ4v) is 0.989. The monoisotopic (exact) mass is 220 g/mol. The van der Waals surface area contributed by atoms with Crippen molar-refractivity contribution in [3.8, 4) is 0 Å². The average Bonchev–Trinajstić information content (AvgIpc) is 2.15. The summed E-state index contributed by atoms with van der Waals surface area (Å²) in [7, 11) is 0. The molecule has 0 fully saturated rings. The number of nitrogens with zero attached hydrogens (tertiary/aromatic N) is 2. The number of aromatic nitrogens is 1. The second-order valence-corrected chi connectivity index (χ2v) is 2.45. The molecule has 0 aliphatic rings. The molecule has 5 nitrogen and oxygen atoms in total. The molecule has 0 bridgehead atoms. The van der Waals surface area contributed by atoms with Crippen molar-refractivity contribution in [2.24, 2.45) is 0 Å². The summed E-state index contributed by atoms with van der Waals surface area (Å²) in [6.45, 7) is 0. The average molecular weight is 220 g/mol. The maximum absolute atomic E-state index is 12.6. The Bertz CT molecular complexity index is 422. The lowest BCUT2D eigenvalue weighted by molar-refractivity contribution is -0.391. The predicted molar refractivity (Wildman–Crippen MR) is 41.2 cm³/mol. The van der Waals surface area contributed by atoms with Crippen LogP contribution in [0.2, 0.25) is 0 Å². The normalized spacial score (nSPS) is 10.4. The summed E-state index contributed by atoms with van der Waals surface area (Å²) >= 11 is 0. The molecule has 0 saturated carbocycles. The van der Waals surface area contributed by atoms with Gasteiger partial charge in [-0.25, -0.2) is 8.78 Å². The molecule has 0 aliphatic heterocycles. The summed E-state index contributed by atoms with van der Waals surface area (Å²) < 4.78 is 37.3. The second kappa shape index (κ2) is 4.03. The quantitative estimate of drug-likeness (QED) is 0.337. The van der Waals surface area contributed by atoms with E-state index in [1.807, 2.05) is 0 Å². The van der Waals surface area contributed by atoms with E-state index in [0.29, 0.717) is 6.07 Å². The Morgan fingerprint density at radius 3 is 2.53 bits per heavy atom. The van der Waals surface area contributed by atoms with E-state index >= 15 is 0 Å². The lowest BCUT2D eigenvalue weighted by Gasteiger charge is -2.03.